The number of carbonyl (C=O) groups excluding carboxylic acids is 2. The molecule has 0 aliphatic rings. The molecule has 0 atom stereocenters. The van der Waals surface area contributed by atoms with E-state index in [-0.39, 0.29) is 0 Å². The minimum Gasteiger partial charge on any atom is -0.389 e. The Bertz CT molecular complexity index is 211. The fourth-order valence-corrected chi connectivity index (χ4v) is 0.608. The van der Waals surface area contributed by atoms with Crippen LogP contribution in [0.5, 0.6) is 0 Å². The summed E-state index contributed by atoms with van der Waals surface area (Å²) in [7, 11) is 0. The first-order chi connectivity index (χ1) is 8.04. The van der Waals surface area contributed by atoms with Crippen LogP contribution in [0.4, 0.5) is 0 Å². The van der Waals surface area contributed by atoms with Gasteiger partial charge in [-0.25, -0.2) is 0 Å². The summed E-state index contributed by atoms with van der Waals surface area (Å²) in [6.07, 6.45) is 3.37. The maximum atomic E-state index is 10.0. The van der Waals surface area contributed by atoms with Crippen molar-refractivity contribution in [3.8, 4) is 0 Å². The zero-order valence-electron chi connectivity index (χ0n) is 9.32. The van der Waals surface area contributed by atoms with E-state index in [9.17, 15) is 19.7 Å². The van der Waals surface area contributed by atoms with Crippen molar-refractivity contribution < 1.29 is 29.8 Å². The molecule has 0 saturated carbocycles. The van der Waals surface area contributed by atoms with E-state index >= 15 is 0 Å². The van der Waals surface area contributed by atoms with Gasteiger partial charge in [0.1, 0.15) is 32.4 Å². The lowest BCUT2D eigenvalue weighted by atomic mass is 10.1. The number of aliphatic hydroxyl groups excluding tert-OH is 3. The minimum atomic E-state index is -1.99. The molecule has 0 heterocycles. The van der Waals surface area contributed by atoms with Crippen LogP contribution in [0.25, 0.3) is 0 Å². The Morgan fingerprint density at radius 1 is 1.00 bits per heavy atom. The van der Waals surface area contributed by atoms with Crippen molar-refractivity contribution in [3.63, 3.8) is 0 Å². The van der Waals surface area contributed by atoms with Crippen LogP contribution in [-0.2, 0) is 9.59 Å². The molecule has 0 aromatic rings. The Labute approximate surface area is 98.0 Å². The Balaban J connectivity index is 0. The molecule has 0 aliphatic heterocycles. The Kier molecular flexibility index (Phi) is 11.8. The lowest BCUT2D eigenvalue weighted by Crippen LogP contribution is -2.49. The molecular weight excluding hydrogens is 234 g/mol. The van der Waals surface area contributed by atoms with Gasteiger partial charge in [-0.2, -0.15) is 0 Å². The number of aliphatic hydroxyl groups is 3. The average molecular weight is 251 g/mol. The molecule has 0 radical (unpaired) electrons. The van der Waals surface area contributed by atoms with E-state index in [2.05, 4.69) is 0 Å². The number of hydrogen-bond donors (Lipinski definition) is 3. The lowest BCUT2D eigenvalue weighted by Gasteiger charge is -2.16. The van der Waals surface area contributed by atoms with E-state index in [1.807, 2.05) is 0 Å². The normalized spacial score (nSPS) is 10.1. The van der Waals surface area contributed by atoms with Gasteiger partial charge in [-0.15, -0.1) is 0 Å². The Morgan fingerprint density at radius 3 is 1.47 bits per heavy atom. The maximum absolute atomic E-state index is 10.0. The number of hydrogen-bond acceptors (Lipinski definition) is 7. The molecule has 0 spiro atoms. The molecule has 8 heteroatoms. The molecule has 0 amide bonds. The summed E-state index contributed by atoms with van der Waals surface area (Å²) in [4.78, 5) is 28.3. The van der Waals surface area contributed by atoms with Gasteiger partial charge in [-0.05, 0) is 6.42 Å². The molecule has 8 nitrogen and oxygen atoms in total. The van der Waals surface area contributed by atoms with Crippen molar-refractivity contribution in [3.05, 3.63) is 10.1 Å². The van der Waals surface area contributed by atoms with E-state index in [1.54, 1.807) is 0 Å². The number of nitrogens with zero attached hydrogens (tertiary/aromatic N) is 1. The molecular formula is C9H17NO7. The van der Waals surface area contributed by atoms with Crippen LogP contribution in [0.2, 0.25) is 0 Å². The smallest absolute Gasteiger partial charge is 0.289 e. The topological polar surface area (TPSA) is 138 Å². The molecule has 0 fully saturated rings. The van der Waals surface area contributed by atoms with Gasteiger partial charge in [0.2, 0.25) is 0 Å². The summed E-state index contributed by atoms with van der Waals surface area (Å²) in [6.45, 7) is -2.60. The summed E-state index contributed by atoms with van der Waals surface area (Å²) < 4.78 is 0. The van der Waals surface area contributed by atoms with Gasteiger partial charge in [0.15, 0.2) is 0 Å². The highest BCUT2D eigenvalue weighted by Gasteiger charge is 2.41. The second kappa shape index (κ2) is 11.1. The van der Waals surface area contributed by atoms with Gasteiger partial charge in [0.25, 0.3) is 5.54 Å². The molecule has 0 saturated heterocycles. The molecule has 3 N–H and O–H groups in total. The molecule has 0 aliphatic carbocycles. The molecule has 0 aromatic heterocycles. The van der Waals surface area contributed by atoms with Crippen LogP contribution in [0.3, 0.4) is 0 Å². The summed E-state index contributed by atoms with van der Waals surface area (Å²) in [6, 6.07) is 0. The second-order valence-electron chi connectivity index (χ2n) is 3.22. The Morgan fingerprint density at radius 2 is 1.35 bits per heavy atom. The fourth-order valence-electron chi connectivity index (χ4n) is 0.608. The monoisotopic (exact) mass is 251 g/mol. The van der Waals surface area contributed by atoms with Crippen LogP contribution in [-0.4, -0.2) is 58.2 Å². The van der Waals surface area contributed by atoms with Gasteiger partial charge < -0.3 is 24.9 Å². The first-order valence-electron chi connectivity index (χ1n) is 4.89. The number of rotatable bonds is 8. The third kappa shape index (κ3) is 7.50. The van der Waals surface area contributed by atoms with Crippen molar-refractivity contribution in [1.82, 2.24) is 0 Å². The highest BCUT2D eigenvalue weighted by molar-refractivity contribution is 5.52. The quantitative estimate of drug-likeness (QED) is 0.207. The largest absolute Gasteiger partial charge is 0.389 e. The van der Waals surface area contributed by atoms with Crippen molar-refractivity contribution >= 4 is 12.6 Å². The van der Waals surface area contributed by atoms with E-state index in [4.69, 9.17) is 15.3 Å². The molecule has 17 heavy (non-hydrogen) atoms. The van der Waals surface area contributed by atoms with Gasteiger partial charge in [-0.1, -0.05) is 0 Å². The van der Waals surface area contributed by atoms with Gasteiger partial charge in [0, 0.05) is 17.8 Å². The fraction of sp³-hybridized carbons (Fsp3) is 0.778. The first kappa shape index (κ1) is 18.0. The molecule has 0 rings (SSSR count). The standard InChI is InChI=1S/C5H8O2.C4H9NO5/c6-4-2-1-3-5-7;6-1-4(2-7,3-8)5(9)10/h4-5H,1-3H2;6-8H,1-3H2. The SMILES string of the molecule is O=CCCCC=O.O=[N+]([O-])C(CO)(CO)CO. The minimum absolute atomic E-state index is 0.513. The van der Waals surface area contributed by atoms with Gasteiger partial charge in [-0.3, -0.25) is 10.1 Å². The average Bonchev–Trinajstić information content (AvgIpc) is 2.33. The highest BCUT2D eigenvalue weighted by Crippen LogP contribution is 2.05. The van der Waals surface area contributed by atoms with Crippen LogP contribution in [0.15, 0.2) is 0 Å². The van der Waals surface area contributed by atoms with E-state index in [0.717, 1.165) is 12.6 Å². The van der Waals surface area contributed by atoms with Crippen molar-refractivity contribution in [2.24, 2.45) is 0 Å². The van der Waals surface area contributed by atoms with E-state index in [1.165, 1.54) is 0 Å². The summed E-state index contributed by atoms with van der Waals surface area (Å²) in [5.74, 6) is 0. The zero-order chi connectivity index (χ0) is 13.7. The number of aldehydes is 2. The van der Waals surface area contributed by atoms with E-state index < -0.39 is 30.3 Å². The van der Waals surface area contributed by atoms with Crippen LogP contribution in [0, 0.1) is 10.1 Å². The van der Waals surface area contributed by atoms with E-state index in [0.29, 0.717) is 19.3 Å². The second-order valence-corrected chi connectivity index (χ2v) is 3.22. The van der Waals surface area contributed by atoms with Gasteiger partial charge in [0.05, 0.1) is 0 Å². The molecule has 0 unspecified atom stereocenters. The van der Waals surface area contributed by atoms with Crippen LogP contribution in [0.1, 0.15) is 19.3 Å². The molecule has 0 bridgehead atoms. The predicted molar refractivity (Wildman–Crippen MR) is 57.0 cm³/mol. The number of carbonyl (C=O) groups is 2. The maximum Gasteiger partial charge on any atom is 0.289 e. The molecule has 0 aromatic carbocycles. The predicted octanol–water partition coefficient (Wildman–Crippen LogP) is -1.47. The number of nitro groups is 1. The summed E-state index contributed by atoms with van der Waals surface area (Å²) >= 11 is 0. The van der Waals surface area contributed by atoms with Crippen molar-refractivity contribution in [2.45, 2.75) is 24.8 Å². The Hall–Kier alpha value is -1.38. The summed E-state index contributed by atoms with van der Waals surface area (Å²) in [5.41, 5.74) is -1.99. The highest BCUT2D eigenvalue weighted by atomic mass is 16.6. The third-order valence-corrected chi connectivity index (χ3v) is 1.91. The van der Waals surface area contributed by atoms with Crippen molar-refractivity contribution in [2.75, 3.05) is 19.8 Å². The van der Waals surface area contributed by atoms with Crippen LogP contribution >= 0.6 is 0 Å². The summed E-state index contributed by atoms with van der Waals surface area (Å²) in [5, 5.41) is 35.2. The molecule has 100 valence electrons. The van der Waals surface area contributed by atoms with Gasteiger partial charge >= 0.3 is 0 Å². The number of unbranched alkanes of at least 4 members (excludes halogenated alkanes) is 2. The van der Waals surface area contributed by atoms with Crippen LogP contribution < -0.4 is 0 Å². The zero-order valence-corrected chi connectivity index (χ0v) is 9.32. The third-order valence-electron chi connectivity index (χ3n) is 1.91. The van der Waals surface area contributed by atoms with Crippen molar-refractivity contribution in [1.29, 1.82) is 0 Å². The lowest BCUT2D eigenvalue weighted by molar-refractivity contribution is -0.580. The first-order valence-corrected chi connectivity index (χ1v) is 4.89.